The van der Waals surface area contributed by atoms with Gasteiger partial charge in [0.2, 0.25) is 0 Å². The van der Waals surface area contributed by atoms with E-state index in [0.717, 1.165) is 17.6 Å². The molecule has 0 spiro atoms. The SMILES string of the molecule is CCc1cccc(CC2=CC=CC(OO)C2OO)c1. The molecule has 102 valence electrons. The van der Waals surface area contributed by atoms with Gasteiger partial charge in [-0.05, 0) is 35.6 Å². The minimum atomic E-state index is -0.681. The summed E-state index contributed by atoms with van der Waals surface area (Å²) >= 11 is 0. The summed E-state index contributed by atoms with van der Waals surface area (Å²) < 4.78 is 0. The van der Waals surface area contributed by atoms with Gasteiger partial charge in [0, 0.05) is 0 Å². The zero-order valence-corrected chi connectivity index (χ0v) is 10.8. The first-order valence-electron chi connectivity index (χ1n) is 6.34. The summed E-state index contributed by atoms with van der Waals surface area (Å²) in [5.74, 6) is 0. The number of benzene rings is 1. The molecule has 2 rings (SSSR count). The van der Waals surface area contributed by atoms with Crippen molar-refractivity contribution in [3.8, 4) is 0 Å². The molecule has 0 saturated carbocycles. The van der Waals surface area contributed by atoms with Crippen LogP contribution in [0.3, 0.4) is 0 Å². The predicted octanol–water partition coefficient (Wildman–Crippen LogP) is 3.00. The Hall–Kier alpha value is -1.46. The normalized spacial score (nSPS) is 22.4. The van der Waals surface area contributed by atoms with Crippen molar-refractivity contribution in [1.82, 2.24) is 0 Å². The van der Waals surface area contributed by atoms with Crippen LogP contribution in [0, 0.1) is 0 Å². The van der Waals surface area contributed by atoms with Gasteiger partial charge >= 0.3 is 0 Å². The number of aryl methyl sites for hydroxylation is 1. The zero-order chi connectivity index (χ0) is 13.7. The molecule has 4 nitrogen and oxygen atoms in total. The monoisotopic (exact) mass is 262 g/mol. The Morgan fingerprint density at radius 2 is 1.95 bits per heavy atom. The van der Waals surface area contributed by atoms with Crippen LogP contribution in [0.2, 0.25) is 0 Å². The molecule has 0 radical (unpaired) electrons. The number of allylic oxidation sites excluding steroid dienone is 2. The average Bonchev–Trinajstić information content (AvgIpc) is 2.47. The van der Waals surface area contributed by atoms with E-state index < -0.39 is 12.2 Å². The Morgan fingerprint density at radius 1 is 1.16 bits per heavy atom. The van der Waals surface area contributed by atoms with Crippen molar-refractivity contribution in [1.29, 1.82) is 0 Å². The summed E-state index contributed by atoms with van der Waals surface area (Å²) in [5.41, 5.74) is 3.26. The van der Waals surface area contributed by atoms with E-state index in [4.69, 9.17) is 10.5 Å². The Bertz CT molecular complexity index is 479. The van der Waals surface area contributed by atoms with E-state index in [0.29, 0.717) is 6.42 Å². The molecule has 1 aromatic rings. The summed E-state index contributed by atoms with van der Waals surface area (Å²) in [7, 11) is 0. The highest BCUT2D eigenvalue weighted by Crippen LogP contribution is 2.23. The van der Waals surface area contributed by atoms with E-state index in [1.54, 1.807) is 12.2 Å². The first-order chi connectivity index (χ1) is 9.28. The Balaban J connectivity index is 2.16. The van der Waals surface area contributed by atoms with Gasteiger partial charge in [-0.15, -0.1) is 0 Å². The average molecular weight is 262 g/mol. The summed E-state index contributed by atoms with van der Waals surface area (Å²) in [6, 6.07) is 8.25. The maximum absolute atomic E-state index is 8.98. The van der Waals surface area contributed by atoms with E-state index in [1.165, 1.54) is 5.56 Å². The summed E-state index contributed by atoms with van der Waals surface area (Å²) in [4.78, 5) is 8.73. The third kappa shape index (κ3) is 3.30. The second-order valence-electron chi connectivity index (χ2n) is 4.57. The molecule has 0 aliphatic heterocycles. The van der Waals surface area contributed by atoms with Gasteiger partial charge in [0.05, 0.1) is 0 Å². The smallest absolute Gasteiger partial charge is 0.147 e. The zero-order valence-electron chi connectivity index (χ0n) is 10.8. The number of hydrogen-bond acceptors (Lipinski definition) is 4. The molecule has 1 aromatic carbocycles. The first-order valence-corrected chi connectivity index (χ1v) is 6.34. The second kappa shape index (κ2) is 6.63. The Labute approximate surface area is 112 Å². The van der Waals surface area contributed by atoms with Crippen LogP contribution in [-0.4, -0.2) is 22.7 Å². The third-order valence-electron chi connectivity index (χ3n) is 3.32. The van der Waals surface area contributed by atoms with Gasteiger partial charge < -0.3 is 0 Å². The molecule has 0 fully saturated rings. The van der Waals surface area contributed by atoms with E-state index in [1.807, 2.05) is 18.2 Å². The van der Waals surface area contributed by atoms with Gasteiger partial charge in [-0.3, -0.25) is 10.5 Å². The van der Waals surface area contributed by atoms with Crippen LogP contribution in [0.5, 0.6) is 0 Å². The van der Waals surface area contributed by atoms with Gasteiger partial charge in [-0.2, -0.15) is 0 Å². The summed E-state index contributed by atoms with van der Waals surface area (Å²) in [5, 5.41) is 17.8. The Morgan fingerprint density at radius 3 is 2.63 bits per heavy atom. The van der Waals surface area contributed by atoms with Crippen molar-refractivity contribution >= 4 is 0 Å². The van der Waals surface area contributed by atoms with Crippen LogP contribution in [0.15, 0.2) is 48.1 Å². The fourth-order valence-corrected chi connectivity index (χ4v) is 2.27. The van der Waals surface area contributed by atoms with E-state index >= 15 is 0 Å². The standard InChI is InChI=1S/C15H18O4/c1-2-11-5-3-6-12(9-11)10-13-7-4-8-14(18-16)15(13)19-17/h3-9,14-17H,2,10H2,1H3. The van der Waals surface area contributed by atoms with Crippen molar-refractivity contribution in [3.63, 3.8) is 0 Å². The van der Waals surface area contributed by atoms with Gasteiger partial charge in [0.15, 0.2) is 0 Å². The van der Waals surface area contributed by atoms with E-state index in [-0.39, 0.29) is 0 Å². The van der Waals surface area contributed by atoms with Gasteiger partial charge in [-0.25, -0.2) is 9.78 Å². The van der Waals surface area contributed by atoms with Crippen molar-refractivity contribution in [2.75, 3.05) is 0 Å². The van der Waals surface area contributed by atoms with Crippen molar-refractivity contribution < 1.29 is 20.3 Å². The number of hydrogen-bond donors (Lipinski definition) is 2. The lowest BCUT2D eigenvalue weighted by atomic mass is 9.92. The molecular weight excluding hydrogens is 244 g/mol. The summed E-state index contributed by atoms with van der Waals surface area (Å²) in [6.07, 6.45) is 5.55. The Kier molecular flexibility index (Phi) is 4.87. The molecule has 0 heterocycles. The molecule has 19 heavy (non-hydrogen) atoms. The molecule has 1 aliphatic rings. The molecule has 4 heteroatoms. The molecule has 0 amide bonds. The van der Waals surface area contributed by atoms with Gasteiger partial charge in [-0.1, -0.05) is 43.3 Å². The van der Waals surface area contributed by atoms with Crippen LogP contribution in [0.4, 0.5) is 0 Å². The highest BCUT2D eigenvalue weighted by molar-refractivity contribution is 5.33. The summed E-state index contributed by atoms with van der Waals surface area (Å²) in [6.45, 7) is 2.11. The molecule has 2 unspecified atom stereocenters. The lowest BCUT2D eigenvalue weighted by Crippen LogP contribution is -2.32. The topological polar surface area (TPSA) is 58.9 Å². The fraction of sp³-hybridized carbons (Fsp3) is 0.333. The molecular formula is C15H18O4. The van der Waals surface area contributed by atoms with Crippen LogP contribution in [0.25, 0.3) is 0 Å². The van der Waals surface area contributed by atoms with Crippen LogP contribution in [-0.2, 0) is 22.6 Å². The van der Waals surface area contributed by atoms with Gasteiger partial charge in [0.1, 0.15) is 12.2 Å². The molecule has 0 bridgehead atoms. The van der Waals surface area contributed by atoms with Crippen molar-refractivity contribution in [2.24, 2.45) is 0 Å². The minimum absolute atomic E-state index is 0.642. The van der Waals surface area contributed by atoms with Crippen molar-refractivity contribution in [2.45, 2.75) is 32.0 Å². The van der Waals surface area contributed by atoms with Gasteiger partial charge in [0.25, 0.3) is 0 Å². The lowest BCUT2D eigenvalue weighted by Gasteiger charge is -2.24. The molecule has 2 atom stereocenters. The molecule has 1 aliphatic carbocycles. The quantitative estimate of drug-likeness (QED) is 0.632. The lowest BCUT2D eigenvalue weighted by molar-refractivity contribution is -0.337. The predicted molar refractivity (Wildman–Crippen MR) is 71.8 cm³/mol. The van der Waals surface area contributed by atoms with E-state index in [9.17, 15) is 0 Å². The highest BCUT2D eigenvalue weighted by atomic mass is 17.1. The maximum Gasteiger partial charge on any atom is 0.147 e. The fourth-order valence-electron chi connectivity index (χ4n) is 2.27. The van der Waals surface area contributed by atoms with E-state index in [2.05, 4.69) is 28.8 Å². The number of rotatable bonds is 5. The third-order valence-corrected chi connectivity index (χ3v) is 3.32. The van der Waals surface area contributed by atoms with Crippen LogP contribution in [0.1, 0.15) is 18.1 Å². The minimum Gasteiger partial charge on any atom is -0.251 e. The van der Waals surface area contributed by atoms with Crippen molar-refractivity contribution in [3.05, 3.63) is 59.2 Å². The molecule has 2 N–H and O–H groups in total. The molecule has 0 saturated heterocycles. The van der Waals surface area contributed by atoms with Crippen LogP contribution >= 0.6 is 0 Å². The van der Waals surface area contributed by atoms with Crippen LogP contribution < -0.4 is 0 Å². The molecule has 0 aromatic heterocycles. The first kappa shape index (κ1) is 14.0. The highest BCUT2D eigenvalue weighted by Gasteiger charge is 2.27. The second-order valence-corrected chi connectivity index (χ2v) is 4.57. The largest absolute Gasteiger partial charge is 0.251 e. The maximum atomic E-state index is 8.98.